The predicted octanol–water partition coefficient (Wildman–Crippen LogP) is 1.44. The van der Waals surface area contributed by atoms with Gasteiger partial charge in [0.1, 0.15) is 0 Å². The third-order valence-corrected chi connectivity index (χ3v) is 3.41. The van der Waals surface area contributed by atoms with E-state index in [1.165, 1.54) is 12.8 Å². The lowest BCUT2D eigenvalue weighted by atomic mass is 10.1. The lowest BCUT2D eigenvalue weighted by molar-refractivity contribution is 0.127. The van der Waals surface area contributed by atoms with Gasteiger partial charge in [-0.05, 0) is 25.5 Å². The molecule has 4 heteroatoms. The molecule has 0 saturated carbocycles. The molecule has 2 rings (SSSR count). The number of aromatic nitrogens is 2. The van der Waals surface area contributed by atoms with Gasteiger partial charge >= 0.3 is 0 Å². The van der Waals surface area contributed by atoms with Gasteiger partial charge in [-0.2, -0.15) is 10.2 Å². The number of nitrogens with zero attached hydrogens (tertiary/aromatic N) is 3. The van der Waals surface area contributed by atoms with Gasteiger partial charge in [-0.25, -0.2) is 0 Å². The highest BCUT2D eigenvalue weighted by molar-refractivity contribution is 5.00. The number of hydrogen-bond acceptors (Lipinski definition) is 4. The van der Waals surface area contributed by atoms with E-state index < -0.39 is 0 Å². The number of nitrogens with one attached hydrogen (secondary N) is 1. The van der Waals surface area contributed by atoms with Crippen molar-refractivity contribution in [2.24, 2.45) is 0 Å². The van der Waals surface area contributed by atoms with Crippen LogP contribution in [0.15, 0.2) is 18.3 Å². The third-order valence-electron chi connectivity index (χ3n) is 3.41. The Hall–Kier alpha value is -1.00. The summed E-state index contributed by atoms with van der Waals surface area (Å²) in [4.78, 5) is 2.50. The number of rotatable bonds is 4. The summed E-state index contributed by atoms with van der Waals surface area (Å²) in [5.41, 5.74) is 1.07. The van der Waals surface area contributed by atoms with Gasteiger partial charge in [-0.15, -0.1) is 0 Å². The van der Waals surface area contributed by atoms with Crippen LogP contribution in [0, 0.1) is 0 Å². The van der Waals surface area contributed by atoms with Gasteiger partial charge in [0, 0.05) is 37.9 Å². The first-order chi connectivity index (χ1) is 8.29. The molecule has 1 N–H and O–H groups in total. The molecular weight excluding hydrogens is 212 g/mol. The monoisotopic (exact) mass is 234 g/mol. The molecule has 2 atom stereocenters. The van der Waals surface area contributed by atoms with Crippen molar-refractivity contribution >= 4 is 0 Å². The highest BCUT2D eigenvalue weighted by Crippen LogP contribution is 2.13. The quantitative estimate of drug-likeness (QED) is 0.856. The maximum atomic E-state index is 4.17. The minimum absolute atomic E-state index is 0.574. The minimum Gasteiger partial charge on any atom is -0.311 e. The zero-order chi connectivity index (χ0) is 12.1. The van der Waals surface area contributed by atoms with Crippen molar-refractivity contribution in [1.29, 1.82) is 0 Å². The number of piperazine rings is 1. The van der Waals surface area contributed by atoms with Crippen LogP contribution in [0.2, 0.25) is 0 Å². The lowest BCUT2D eigenvalue weighted by Crippen LogP contribution is -2.54. The Morgan fingerprint density at radius 3 is 3.12 bits per heavy atom. The maximum Gasteiger partial charge on any atom is 0.0771 e. The van der Waals surface area contributed by atoms with E-state index in [2.05, 4.69) is 40.3 Å². The molecule has 0 radical (unpaired) electrons. The summed E-state index contributed by atoms with van der Waals surface area (Å²) < 4.78 is 0. The predicted molar refractivity (Wildman–Crippen MR) is 68.6 cm³/mol. The summed E-state index contributed by atoms with van der Waals surface area (Å²) in [6.07, 6.45) is 4.22. The first-order valence-corrected chi connectivity index (χ1v) is 6.53. The molecule has 1 aliphatic rings. The first kappa shape index (κ1) is 12.5. The van der Waals surface area contributed by atoms with E-state index in [0.717, 1.165) is 25.3 Å². The number of hydrogen-bond donors (Lipinski definition) is 1. The molecule has 1 aliphatic heterocycles. The van der Waals surface area contributed by atoms with E-state index in [0.29, 0.717) is 12.1 Å². The van der Waals surface area contributed by atoms with Crippen LogP contribution in [0.1, 0.15) is 32.4 Å². The summed E-state index contributed by atoms with van der Waals surface area (Å²) in [6.45, 7) is 7.62. The van der Waals surface area contributed by atoms with E-state index in [-0.39, 0.29) is 0 Å². The van der Waals surface area contributed by atoms with E-state index in [1.54, 1.807) is 6.20 Å². The molecule has 2 heterocycles. The second kappa shape index (κ2) is 6.07. The van der Waals surface area contributed by atoms with Crippen LogP contribution in [-0.2, 0) is 6.54 Å². The van der Waals surface area contributed by atoms with Crippen LogP contribution in [0.5, 0.6) is 0 Å². The van der Waals surface area contributed by atoms with Crippen molar-refractivity contribution in [3.05, 3.63) is 24.0 Å². The Balaban J connectivity index is 1.94. The molecule has 0 amide bonds. The lowest BCUT2D eigenvalue weighted by Gasteiger charge is -2.38. The molecule has 1 aromatic rings. The molecule has 17 heavy (non-hydrogen) atoms. The summed E-state index contributed by atoms with van der Waals surface area (Å²) >= 11 is 0. The van der Waals surface area contributed by atoms with Gasteiger partial charge in [0.2, 0.25) is 0 Å². The van der Waals surface area contributed by atoms with Crippen molar-refractivity contribution in [1.82, 2.24) is 20.4 Å². The van der Waals surface area contributed by atoms with E-state index in [4.69, 9.17) is 0 Å². The fourth-order valence-corrected chi connectivity index (χ4v) is 2.38. The van der Waals surface area contributed by atoms with Gasteiger partial charge in [-0.1, -0.05) is 13.3 Å². The Morgan fingerprint density at radius 2 is 2.41 bits per heavy atom. The maximum absolute atomic E-state index is 4.17. The van der Waals surface area contributed by atoms with E-state index >= 15 is 0 Å². The van der Waals surface area contributed by atoms with E-state index in [1.807, 2.05) is 6.07 Å². The van der Waals surface area contributed by atoms with Crippen LogP contribution >= 0.6 is 0 Å². The smallest absolute Gasteiger partial charge is 0.0771 e. The highest BCUT2D eigenvalue weighted by atomic mass is 15.2. The zero-order valence-corrected chi connectivity index (χ0v) is 10.8. The zero-order valence-electron chi connectivity index (χ0n) is 10.8. The second-order valence-electron chi connectivity index (χ2n) is 4.89. The molecule has 0 aliphatic carbocycles. The summed E-state index contributed by atoms with van der Waals surface area (Å²) in [7, 11) is 0. The molecular formula is C13H22N4. The molecule has 1 fully saturated rings. The molecule has 4 nitrogen and oxygen atoms in total. The largest absolute Gasteiger partial charge is 0.311 e. The first-order valence-electron chi connectivity index (χ1n) is 6.53. The summed E-state index contributed by atoms with van der Waals surface area (Å²) in [6, 6.07) is 5.22. The van der Waals surface area contributed by atoms with Crippen LogP contribution in [0.25, 0.3) is 0 Å². The van der Waals surface area contributed by atoms with E-state index in [9.17, 15) is 0 Å². The molecule has 0 aromatic carbocycles. The standard InChI is InChI=1S/C13H22N4/c1-3-5-12-9-17(11(2)8-14-12)10-13-6-4-7-15-16-13/h4,6-7,11-12,14H,3,5,8-10H2,1-2H3. The molecule has 0 bridgehead atoms. The van der Waals surface area contributed by atoms with Gasteiger partial charge in [0.15, 0.2) is 0 Å². The van der Waals surface area contributed by atoms with Crippen molar-refractivity contribution in [2.75, 3.05) is 13.1 Å². The van der Waals surface area contributed by atoms with Gasteiger partial charge in [0.25, 0.3) is 0 Å². The Bertz CT molecular complexity index is 327. The molecule has 1 aromatic heterocycles. The molecule has 0 spiro atoms. The topological polar surface area (TPSA) is 41.1 Å². The van der Waals surface area contributed by atoms with Crippen LogP contribution < -0.4 is 5.32 Å². The van der Waals surface area contributed by atoms with Crippen molar-refractivity contribution < 1.29 is 0 Å². The van der Waals surface area contributed by atoms with Crippen LogP contribution in [-0.4, -0.2) is 40.3 Å². The Kier molecular flexibility index (Phi) is 4.45. The second-order valence-corrected chi connectivity index (χ2v) is 4.89. The normalized spacial score (nSPS) is 26.0. The van der Waals surface area contributed by atoms with Gasteiger partial charge in [0.05, 0.1) is 5.69 Å². The average molecular weight is 234 g/mol. The van der Waals surface area contributed by atoms with Crippen molar-refractivity contribution in [3.8, 4) is 0 Å². The Morgan fingerprint density at radius 1 is 1.53 bits per heavy atom. The van der Waals surface area contributed by atoms with Crippen molar-refractivity contribution in [2.45, 2.75) is 45.3 Å². The Labute approximate surface area is 103 Å². The van der Waals surface area contributed by atoms with Gasteiger partial charge < -0.3 is 5.32 Å². The fourth-order valence-electron chi connectivity index (χ4n) is 2.38. The third kappa shape index (κ3) is 3.48. The highest BCUT2D eigenvalue weighted by Gasteiger charge is 2.24. The minimum atomic E-state index is 0.574. The average Bonchev–Trinajstić information content (AvgIpc) is 2.35. The van der Waals surface area contributed by atoms with Crippen LogP contribution in [0.3, 0.4) is 0 Å². The molecule has 2 unspecified atom stereocenters. The SMILES string of the molecule is CCCC1CN(Cc2cccnn2)C(C)CN1. The molecule has 94 valence electrons. The van der Waals surface area contributed by atoms with Crippen molar-refractivity contribution in [3.63, 3.8) is 0 Å². The summed E-state index contributed by atoms with van der Waals surface area (Å²) in [5, 5.41) is 11.7. The summed E-state index contributed by atoms with van der Waals surface area (Å²) in [5.74, 6) is 0. The van der Waals surface area contributed by atoms with Crippen LogP contribution in [0.4, 0.5) is 0 Å². The molecule has 1 saturated heterocycles. The fraction of sp³-hybridized carbons (Fsp3) is 0.692. The van der Waals surface area contributed by atoms with Gasteiger partial charge in [-0.3, -0.25) is 4.90 Å².